The summed E-state index contributed by atoms with van der Waals surface area (Å²) in [7, 11) is 0.484. The van der Waals surface area contributed by atoms with Crippen molar-refractivity contribution in [2.24, 2.45) is 17.3 Å². The van der Waals surface area contributed by atoms with Crippen molar-refractivity contribution in [2.45, 2.75) is 39.7 Å². The van der Waals surface area contributed by atoms with Gasteiger partial charge in [0.05, 0.1) is 12.2 Å². The zero-order valence-corrected chi connectivity index (χ0v) is 9.09. The zero-order chi connectivity index (χ0) is 9.69. The molecule has 1 saturated carbocycles. The van der Waals surface area contributed by atoms with Gasteiger partial charge < -0.3 is 9.31 Å². The lowest BCUT2D eigenvalue weighted by Crippen LogP contribution is -2.55. The molecular formula is C10H19BO2. The molecule has 1 aliphatic heterocycles. The lowest BCUT2D eigenvalue weighted by molar-refractivity contribution is -0.120. The van der Waals surface area contributed by atoms with Crippen molar-refractivity contribution in [1.29, 1.82) is 0 Å². The van der Waals surface area contributed by atoms with Crippen LogP contribution in [0.3, 0.4) is 0 Å². The highest BCUT2D eigenvalue weighted by molar-refractivity contribution is 6.19. The van der Waals surface area contributed by atoms with Gasteiger partial charge in [-0.3, -0.25) is 0 Å². The van der Waals surface area contributed by atoms with Gasteiger partial charge in [0.1, 0.15) is 0 Å². The molecule has 0 amide bonds. The van der Waals surface area contributed by atoms with Gasteiger partial charge in [0, 0.05) is 0 Å². The van der Waals surface area contributed by atoms with Crippen LogP contribution in [0.2, 0.25) is 0 Å². The van der Waals surface area contributed by atoms with Crippen molar-refractivity contribution >= 4 is 7.69 Å². The molecule has 2 rings (SSSR count). The van der Waals surface area contributed by atoms with Gasteiger partial charge in [-0.05, 0) is 30.6 Å². The highest BCUT2D eigenvalue weighted by atomic mass is 16.6. The van der Waals surface area contributed by atoms with E-state index in [0.717, 1.165) is 12.5 Å². The van der Waals surface area contributed by atoms with Crippen LogP contribution >= 0.6 is 0 Å². The van der Waals surface area contributed by atoms with Crippen molar-refractivity contribution in [3.63, 3.8) is 0 Å². The Kier molecular flexibility index (Phi) is 2.01. The first-order chi connectivity index (χ1) is 5.97. The predicted molar refractivity (Wildman–Crippen MR) is 53.6 cm³/mol. The van der Waals surface area contributed by atoms with Crippen LogP contribution in [0, 0.1) is 17.3 Å². The zero-order valence-electron chi connectivity index (χ0n) is 9.09. The molecule has 0 aromatic rings. The molecule has 3 heteroatoms. The van der Waals surface area contributed by atoms with Crippen LogP contribution in [0.5, 0.6) is 0 Å². The molecule has 1 aliphatic carbocycles. The molecule has 2 aliphatic rings. The molecule has 0 aromatic carbocycles. The van der Waals surface area contributed by atoms with Crippen LogP contribution in [-0.4, -0.2) is 19.9 Å². The predicted octanol–water partition coefficient (Wildman–Crippen LogP) is 1.74. The molecular weight excluding hydrogens is 163 g/mol. The molecule has 0 bridgehead atoms. The van der Waals surface area contributed by atoms with Gasteiger partial charge in [0.25, 0.3) is 0 Å². The molecule has 3 atom stereocenters. The molecule has 2 nitrogen and oxygen atoms in total. The summed E-state index contributed by atoms with van der Waals surface area (Å²) in [6.07, 6.45) is 1.28. The van der Waals surface area contributed by atoms with Crippen molar-refractivity contribution < 1.29 is 9.31 Å². The fourth-order valence-corrected chi connectivity index (χ4v) is 2.84. The molecule has 1 saturated heterocycles. The van der Waals surface area contributed by atoms with E-state index in [-0.39, 0.29) is 5.60 Å². The topological polar surface area (TPSA) is 18.5 Å². The van der Waals surface area contributed by atoms with E-state index in [2.05, 4.69) is 27.7 Å². The Morgan fingerprint density at radius 3 is 2.38 bits per heavy atom. The molecule has 2 fully saturated rings. The smallest absolute Gasteiger partial charge is 0.411 e. The summed E-state index contributed by atoms with van der Waals surface area (Å²) in [6.45, 7) is 9.99. The third-order valence-electron chi connectivity index (χ3n) is 4.36. The second kappa shape index (κ2) is 2.74. The standard InChI is InChI=1S/C10H19BO2/c1-7-5-8(9(7,2)3)10(4)6-12-11-13-10/h7-8,11H,5-6H2,1-4H3. The monoisotopic (exact) mass is 182 g/mol. The lowest BCUT2D eigenvalue weighted by atomic mass is 9.51. The summed E-state index contributed by atoms with van der Waals surface area (Å²) in [6, 6.07) is 0. The number of rotatable bonds is 1. The summed E-state index contributed by atoms with van der Waals surface area (Å²) in [4.78, 5) is 0. The summed E-state index contributed by atoms with van der Waals surface area (Å²) in [5.41, 5.74) is 0.401. The van der Waals surface area contributed by atoms with Crippen LogP contribution in [0.25, 0.3) is 0 Å². The van der Waals surface area contributed by atoms with E-state index in [1.807, 2.05) is 0 Å². The Hall–Kier alpha value is -0.0151. The first kappa shape index (κ1) is 9.54. The lowest BCUT2D eigenvalue weighted by Gasteiger charge is -2.56. The van der Waals surface area contributed by atoms with E-state index < -0.39 is 0 Å². The Labute approximate surface area is 81.3 Å². The Bertz CT molecular complexity index is 209. The van der Waals surface area contributed by atoms with Crippen molar-refractivity contribution in [3.8, 4) is 0 Å². The fraction of sp³-hybridized carbons (Fsp3) is 1.00. The maximum Gasteiger partial charge on any atom is 0.438 e. The average molecular weight is 182 g/mol. The van der Waals surface area contributed by atoms with Gasteiger partial charge in [-0.2, -0.15) is 0 Å². The Morgan fingerprint density at radius 1 is 1.31 bits per heavy atom. The Morgan fingerprint density at radius 2 is 2.00 bits per heavy atom. The molecule has 0 aromatic heterocycles. The quantitative estimate of drug-likeness (QED) is 0.575. The van der Waals surface area contributed by atoms with Gasteiger partial charge in [-0.1, -0.05) is 20.8 Å². The summed E-state index contributed by atoms with van der Waals surface area (Å²) >= 11 is 0. The molecule has 3 unspecified atom stereocenters. The maximum atomic E-state index is 5.71. The molecule has 1 heterocycles. The first-order valence-corrected chi connectivity index (χ1v) is 5.18. The number of hydrogen-bond donors (Lipinski definition) is 0. The summed E-state index contributed by atoms with van der Waals surface area (Å²) < 4.78 is 11.0. The van der Waals surface area contributed by atoms with E-state index in [1.165, 1.54) is 6.42 Å². The normalized spacial score (nSPS) is 48.3. The Balaban J connectivity index is 2.10. The third kappa shape index (κ3) is 1.24. The van der Waals surface area contributed by atoms with Gasteiger partial charge in [0.2, 0.25) is 0 Å². The van der Waals surface area contributed by atoms with Crippen molar-refractivity contribution in [2.75, 3.05) is 6.61 Å². The molecule has 74 valence electrons. The fourth-order valence-electron chi connectivity index (χ4n) is 2.84. The highest BCUT2D eigenvalue weighted by Gasteiger charge is 2.55. The summed E-state index contributed by atoms with van der Waals surface area (Å²) in [5.74, 6) is 1.48. The second-order valence-corrected chi connectivity index (χ2v) is 5.43. The van der Waals surface area contributed by atoms with Crippen molar-refractivity contribution in [3.05, 3.63) is 0 Å². The van der Waals surface area contributed by atoms with E-state index in [4.69, 9.17) is 9.31 Å². The van der Waals surface area contributed by atoms with E-state index in [0.29, 0.717) is 19.0 Å². The molecule has 0 N–H and O–H groups in total. The minimum absolute atomic E-state index is 0.0178. The average Bonchev–Trinajstić information content (AvgIpc) is 2.48. The van der Waals surface area contributed by atoms with E-state index in [9.17, 15) is 0 Å². The third-order valence-corrected chi connectivity index (χ3v) is 4.36. The van der Waals surface area contributed by atoms with Gasteiger partial charge in [-0.25, -0.2) is 0 Å². The second-order valence-electron chi connectivity index (χ2n) is 5.43. The molecule has 0 radical (unpaired) electrons. The van der Waals surface area contributed by atoms with Crippen LogP contribution < -0.4 is 0 Å². The highest BCUT2D eigenvalue weighted by Crippen LogP contribution is 2.56. The van der Waals surface area contributed by atoms with Gasteiger partial charge in [0.15, 0.2) is 0 Å². The van der Waals surface area contributed by atoms with Crippen LogP contribution in [0.15, 0.2) is 0 Å². The molecule has 13 heavy (non-hydrogen) atoms. The van der Waals surface area contributed by atoms with E-state index >= 15 is 0 Å². The van der Waals surface area contributed by atoms with Crippen LogP contribution in [0.4, 0.5) is 0 Å². The van der Waals surface area contributed by atoms with Crippen LogP contribution in [0.1, 0.15) is 34.1 Å². The van der Waals surface area contributed by atoms with E-state index in [1.54, 1.807) is 0 Å². The maximum absolute atomic E-state index is 5.71. The SMILES string of the molecule is CC1CC(C2(C)COBO2)C1(C)C. The minimum Gasteiger partial charge on any atom is -0.411 e. The summed E-state index contributed by atoms with van der Waals surface area (Å²) in [5, 5.41) is 0. The largest absolute Gasteiger partial charge is 0.438 e. The molecule has 0 spiro atoms. The van der Waals surface area contributed by atoms with Gasteiger partial charge in [-0.15, -0.1) is 0 Å². The van der Waals surface area contributed by atoms with Crippen molar-refractivity contribution in [1.82, 2.24) is 0 Å². The first-order valence-electron chi connectivity index (χ1n) is 5.18. The van der Waals surface area contributed by atoms with Gasteiger partial charge >= 0.3 is 7.69 Å². The minimum atomic E-state index is -0.0178. The number of hydrogen-bond acceptors (Lipinski definition) is 2. The van der Waals surface area contributed by atoms with Crippen LogP contribution in [-0.2, 0) is 9.31 Å².